The topological polar surface area (TPSA) is 57.7 Å². The van der Waals surface area contributed by atoms with Crippen LogP contribution in [-0.2, 0) is 14.4 Å². The summed E-state index contributed by atoms with van der Waals surface area (Å²) in [6.07, 6.45) is 7.63. The van der Waals surface area contributed by atoms with E-state index in [0.29, 0.717) is 32.4 Å². The maximum Gasteiger partial charge on any atom is 0.243 e. The summed E-state index contributed by atoms with van der Waals surface area (Å²) in [5, 5.41) is 0. The molecule has 0 bridgehead atoms. The van der Waals surface area contributed by atoms with Crippen LogP contribution >= 0.6 is 0 Å². The molecule has 140 valence electrons. The van der Waals surface area contributed by atoms with E-state index in [1.807, 2.05) is 18.2 Å². The Kier molecular flexibility index (Phi) is 4.64. The van der Waals surface area contributed by atoms with Crippen LogP contribution in [0.4, 0.5) is 4.39 Å². The number of imide groups is 1. The maximum atomic E-state index is 13.1. The number of carbonyl (C=O) groups excluding carboxylic acids is 3. The van der Waals surface area contributed by atoms with Gasteiger partial charge in [-0.05, 0) is 42.5 Å². The molecule has 0 saturated carbocycles. The van der Waals surface area contributed by atoms with Crippen molar-refractivity contribution in [2.24, 2.45) is 11.8 Å². The number of amides is 3. The van der Waals surface area contributed by atoms with Crippen molar-refractivity contribution in [2.75, 3.05) is 19.6 Å². The molecular weight excluding hydrogens is 347 g/mol. The highest BCUT2D eigenvalue weighted by atomic mass is 19.1. The summed E-state index contributed by atoms with van der Waals surface area (Å²) in [6, 6.07) is 6.31. The first-order valence-corrected chi connectivity index (χ1v) is 9.27. The molecule has 2 heterocycles. The fourth-order valence-electron chi connectivity index (χ4n) is 4.08. The van der Waals surface area contributed by atoms with Gasteiger partial charge < -0.3 is 4.90 Å². The lowest BCUT2D eigenvalue weighted by Gasteiger charge is -2.28. The Morgan fingerprint density at radius 1 is 1.04 bits per heavy atom. The van der Waals surface area contributed by atoms with Crippen LogP contribution in [0, 0.1) is 17.7 Å². The Labute approximate surface area is 157 Å². The number of rotatable bonds is 3. The highest BCUT2D eigenvalue weighted by Gasteiger charge is 2.47. The molecule has 1 aromatic rings. The van der Waals surface area contributed by atoms with Gasteiger partial charge in [-0.1, -0.05) is 30.4 Å². The minimum absolute atomic E-state index is 0.176. The van der Waals surface area contributed by atoms with Crippen molar-refractivity contribution < 1.29 is 18.8 Å². The summed E-state index contributed by atoms with van der Waals surface area (Å²) in [6.45, 7) is 0.771. The molecule has 2 atom stereocenters. The van der Waals surface area contributed by atoms with Gasteiger partial charge in [-0.15, -0.1) is 0 Å². The van der Waals surface area contributed by atoms with E-state index in [0.717, 1.165) is 16.0 Å². The van der Waals surface area contributed by atoms with Crippen LogP contribution < -0.4 is 0 Å². The zero-order valence-corrected chi connectivity index (χ0v) is 14.9. The fraction of sp³-hybridized carbons (Fsp3) is 0.381. The zero-order chi connectivity index (χ0) is 19.0. The molecule has 3 aliphatic rings. The quantitative estimate of drug-likeness (QED) is 0.608. The molecular formula is C21H21FN2O3. The number of allylic oxidation sites excluding steroid dienone is 2. The molecule has 3 amide bonds. The van der Waals surface area contributed by atoms with Crippen molar-refractivity contribution in [1.29, 1.82) is 0 Å². The van der Waals surface area contributed by atoms with Gasteiger partial charge in [-0.2, -0.15) is 0 Å². The minimum Gasteiger partial charge on any atom is -0.337 e. The highest BCUT2D eigenvalue weighted by molar-refractivity contribution is 6.07. The molecule has 1 fully saturated rings. The lowest BCUT2D eigenvalue weighted by Crippen LogP contribution is -2.44. The molecule has 0 spiro atoms. The normalized spacial score (nSPS) is 24.9. The Morgan fingerprint density at radius 2 is 1.67 bits per heavy atom. The van der Waals surface area contributed by atoms with Crippen LogP contribution in [0.25, 0.3) is 5.57 Å². The molecule has 5 nitrogen and oxygen atoms in total. The smallest absolute Gasteiger partial charge is 0.243 e. The maximum absolute atomic E-state index is 13.1. The van der Waals surface area contributed by atoms with Gasteiger partial charge in [0.05, 0.1) is 11.8 Å². The van der Waals surface area contributed by atoms with Crippen molar-refractivity contribution in [3.05, 3.63) is 53.9 Å². The molecule has 0 aromatic heterocycles. The number of carbonyl (C=O) groups is 3. The summed E-state index contributed by atoms with van der Waals surface area (Å²) in [4.78, 5) is 40.4. The van der Waals surface area contributed by atoms with Gasteiger partial charge in [0.25, 0.3) is 0 Å². The van der Waals surface area contributed by atoms with E-state index in [1.165, 1.54) is 12.1 Å². The van der Waals surface area contributed by atoms with Crippen LogP contribution in [0.5, 0.6) is 0 Å². The second-order valence-corrected chi connectivity index (χ2v) is 7.24. The lowest BCUT2D eigenvalue weighted by atomic mass is 9.85. The van der Waals surface area contributed by atoms with E-state index in [4.69, 9.17) is 0 Å². The van der Waals surface area contributed by atoms with Gasteiger partial charge >= 0.3 is 0 Å². The van der Waals surface area contributed by atoms with Gasteiger partial charge in [0, 0.05) is 13.1 Å². The Bertz CT molecular complexity index is 817. The number of fused-ring (bicyclic) bond motifs is 1. The monoisotopic (exact) mass is 368 g/mol. The summed E-state index contributed by atoms with van der Waals surface area (Å²) < 4.78 is 13.1. The van der Waals surface area contributed by atoms with Gasteiger partial charge in [-0.3, -0.25) is 19.3 Å². The highest BCUT2D eigenvalue weighted by Crippen LogP contribution is 2.35. The second kappa shape index (κ2) is 7.10. The average molecular weight is 368 g/mol. The third-order valence-electron chi connectivity index (χ3n) is 5.67. The summed E-state index contributed by atoms with van der Waals surface area (Å²) in [5.74, 6) is -1.53. The Morgan fingerprint density at radius 3 is 2.22 bits per heavy atom. The van der Waals surface area contributed by atoms with Gasteiger partial charge in [0.15, 0.2) is 0 Å². The predicted molar refractivity (Wildman–Crippen MR) is 97.6 cm³/mol. The number of hydrogen-bond acceptors (Lipinski definition) is 3. The number of halogens is 1. The number of benzene rings is 1. The van der Waals surface area contributed by atoms with E-state index in [9.17, 15) is 18.8 Å². The first kappa shape index (κ1) is 17.6. The van der Waals surface area contributed by atoms with Crippen LogP contribution in [0.1, 0.15) is 24.8 Å². The number of hydrogen-bond donors (Lipinski definition) is 0. The summed E-state index contributed by atoms with van der Waals surface area (Å²) in [5.41, 5.74) is 2.02. The van der Waals surface area contributed by atoms with Crippen LogP contribution in [0.15, 0.2) is 42.5 Å². The lowest BCUT2D eigenvalue weighted by molar-refractivity contribution is -0.146. The van der Waals surface area contributed by atoms with E-state index in [-0.39, 0.29) is 41.9 Å². The van der Waals surface area contributed by atoms with E-state index >= 15 is 0 Å². The van der Waals surface area contributed by atoms with E-state index in [2.05, 4.69) is 0 Å². The average Bonchev–Trinajstić information content (AvgIpc) is 2.94. The Hall–Kier alpha value is -2.76. The molecule has 1 saturated heterocycles. The largest absolute Gasteiger partial charge is 0.337 e. The van der Waals surface area contributed by atoms with E-state index < -0.39 is 0 Å². The van der Waals surface area contributed by atoms with Gasteiger partial charge in [0.1, 0.15) is 12.4 Å². The van der Waals surface area contributed by atoms with Gasteiger partial charge in [0.2, 0.25) is 17.7 Å². The molecule has 2 unspecified atom stereocenters. The number of likely N-dealkylation sites (tertiary alicyclic amines) is 1. The van der Waals surface area contributed by atoms with Crippen molar-refractivity contribution in [3.63, 3.8) is 0 Å². The van der Waals surface area contributed by atoms with Crippen LogP contribution in [0.3, 0.4) is 0 Å². The standard InChI is InChI=1S/C21H21FN2O3/c22-16-7-5-14(6-8-16)15-9-11-23(12-10-15)19(25)13-24-20(26)17-3-1-2-4-18(17)21(24)27/h1-2,5-9,17-18H,3-4,10-13H2. The third kappa shape index (κ3) is 3.31. The minimum atomic E-state index is -0.304. The first-order chi connectivity index (χ1) is 13.0. The van der Waals surface area contributed by atoms with Crippen LogP contribution in [0.2, 0.25) is 0 Å². The number of nitrogens with zero attached hydrogens (tertiary/aromatic N) is 2. The van der Waals surface area contributed by atoms with Crippen molar-refractivity contribution >= 4 is 23.3 Å². The molecule has 0 radical (unpaired) electrons. The van der Waals surface area contributed by atoms with Crippen LogP contribution in [-0.4, -0.2) is 47.2 Å². The molecule has 4 rings (SSSR count). The molecule has 1 aromatic carbocycles. The summed E-state index contributed by atoms with van der Waals surface area (Å²) in [7, 11) is 0. The molecule has 2 aliphatic heterocycles. The third-order valence-corrected chi connectivity index (χ3v) is 5.67. The van der Waals surface area contributed by atoms with Crippen molar-refractivity contribution in [1.82, 2.24) is 9.80 Å². The van der Waals surface area contributed by atoms with E-state index in [1.54, 1.807) is 17.0 Å². The summed E-state index contributed by atoms with van der Waals surface area (Å²) >= 11 is 0. The fourth-order valence-corrected chi connectivity index (χ4v) is 4.08. The van der Waals surface area contributed by atoms with Crippen molar-refractivity contribution in [2.45, 2.75) is 19.3 Å². The second-order valence-electron chi connectivity index (χ2n) is 7.24. The first-order valence-electron chi connectivity index (χ1n) is 9.27. The molecule has 1 aliphatic carbocycles. The SMILES string of the molecule is O=C(CN1C(=O)C2CC=CCC2C1=O)N1CC=C(c2ccc(F)cc2)CC1. The molecule has 27 heavy (non-hydrogen) atoms. The molecule has 6 heteroatoms. The molecule has 0 N–H and O–H groups in total. The zero-order valence-electron chi connectivity index (χ0n) is 14.9. The van der Waals surface area contributed by atoms with Crippen molar-refractivity contribution in [3.8, 4) is 0 Å². The van der Waals surface area contributed by atoms with Gasteiger partial charge in [-0.25, -0.2) is 4.39 Å². The Balaban J connectivity index is 1.39. The predicted octanol–water partition coefficient (Wildman–Crippen LogP) is 2.39.